The molecular weight excluding hydrogens is 504 g/mol. The van der Waals surface area contributed by atoms with E-state index in [1.807, 2.05) is 19.9 Å². The zero-order valence-electron chi connectivity index (χ0n) is 23.0. The minimum atomic E-state index is -0.383. The van der Waals surface area contributed by atoms with E-state index < -0.39 is 0 Å². The van der Waals surface area contributed by atoms with Crippen molar-refractivity contribution in [3.8, 4) is 0 Å². The van der Waals surface area contributed by atoms with Crippen LogP contribution >= 0.6 is 0 Å². The van der Waals surface area contributed by atoms with Gasteiger partial charge in [0.1, 0.15) is 5.82 Å². The molecule has 4 heterocycles. The topological polar surface area (TPSA) is 138 Å². The first-order valence-electron chi connectivity index (χ1n) is 13.6. The molecule has 2 aliphatic rings. The van der Waals surface area contributed by atoms with Gasteiger partial charge in [0.15, 0.2) is 0 Å². The highest BCUT2D eigenvalue weighted by atomic mass is 16.5. The van der Waals surface area contributed by atoms with Crippen LogP contribution in [0.5, 0.6) is 0 Å². The molecule has 2 N–H and O–H groups in total. The van der Waals surface area contributed by atoms with Crippen LogP contribution in [0.2, 0.25) is 0 Å². The Morgan fingerprint density at radius 3 is 2.87 bits per heavy atom. The second-order valence-electron chi connectivity index (χ2n) is 10.3. The van der Waals surface area contributed by atoms with Gasteiger partial charge in [0.2, 0.25) is 5.91 Å². The Labute approximate surface area is 229 Å². The van der Waals surface area contributed by atoms with Gasteiger partial charge in [0, 0.05) is 70.1 Å². The molecule has 4 rings (SSSR count). The number of rotatable bonds is 6. The molecule has 13 heteroatoms. The van der Waals surface area contributed by atoms with Gasteiger partial charge >= 0.3 is 6.03 Å². The summed E-state index contributed by atoms with van der Waals surface area (Å²) in [6, 6.07) is 3.02. The Kier molecular flexibility index (Phi) is 10.1. The molecule has 0 saturated carbocycles. The Balaban J connectivity index is 1.45. The number of ether oxygens (including phenoxy) is 2. The molecule has 1 fully saturated rings. The number of aliphatic hydroxyl groups excluding tert-OH is 1. The first kappa shape index (κ1) is 28.7. The van der Waals surface area contributed by atoms with Crippen LogP contribution in [0.4, 0.5) is 16.3 Å². The first-order valence-corrected chi connectivity index (χ1v) is 13.6. The zero-order chi connectivity index (χ0) is 27.8. The number of carbonyl (C=O) groups excluding carboxylic acids is 2. The monoisotopic (exact) mass is 544 g/mol. The molecule has 0 aromatic carbocycles. The number of hydrogen-bond donors (Lipinski definition) is 2. The number of morpholine rings is 1. The maximum Gasteiger partial charge on any atom is 0.321 e. The molecule has 39 heavy (non-hydrogen) atoms. The number of aryl methyl sites for hydroxylation is 1. The maximum atomic E-state index is 13.2. The average Bonchev–Trinajstić information content (AvgIpc) is 3.40. The number of aliphatic hydroxyl groups is 1. The number of hydrogen-bond acceptors (Lipinski definition) is 9. The average molecular weight is 545 g/mol. The van der Waals surface area contributed by atoms with E-state index in [0.29, 0.717) is 51.4 Å². The largest absolute Gasteiger partial charge is 0.394 e. The Bertz CT molecular complexity index is 1090. The number of anilines is 2. The molecule has 0 unspecified atom stereocenters. The van der Waals surface area contributed by atoms with Gasteiger partial charge in [-0.1, -0.05) is 12.1 Å². The van der Waals surface area contributed by atoms with E-state index in [9.17, 15) is 14.7 Å². The molecule has 2 aromatic heterocycles. The Hall–Kier alpha value is -3.29. The molecule has 214 valence electrons. The molecule has 13 nitrogen and oxygen atoms in total. The fourth-order valence-electron chi connectivity index (χ4n) is 4.78. The highest BCUT2D eigenvalue weighted by Gasteiger charge is 2.29. The van der Waals surface area contributed by atoms with E-state index in [1.165, 1.54) is 0 Å². The van der Waals surface area contributed by atoms with Gasteiger partial charge < -0.3 is 34.6 Å². The summed E-state index contributed by atoms with van der Waals surface area (Å²) in [5, 5.41) is 20.9. The molecule has 0 radical (unpaired) electrons. The minimum Gasteiger partial charge on any atom is -0.394 e. The third-order valence-electron chi connectivity index (χ3n) is 7.27. The summed E-state index contributed by atoms with van der Waals surface area (Å²) >= 11 is 0. The third kappa shape index (κ3) is 7.64. The molecule has 3 amide bonds. The van der Waals surface area contributed by atoms with Crippen LogP contribution in [0.25, 0.3) is 0 Å². The maximum absolute atomic E-state index is 13.2. The second kappa shape index (κ2) is 13.7. The van der Waals surface area contributed by atoms with Gasteiger partial charge in [-0.25, -0.2) is 14.5 Å². The summed E-state index contributed by atoms with van der Waals surface area (Å²) < 4.78 is 13.5. The fourth-order valence-corrected chi connectivity index (χ4v) is 4.78. The van der Waals surface area contributed by atoms with Crippen molar-refractivity contribution < 1.29 is 24.2 Å². The van der Waals surface area contributed by atoms with E-state index in [-0.39, 0.29) is 43.2 Å². The van der Waals surface area contributed by atoms with Crippen LogP contribution in [0, 0.1) is 5.92 Å². The van der Waals surface area contributed by atoms with Crippen LogP contribution < -0.4 is 10.2 Å². The van der Waals surface area contributed by atoms with Crippen LogP contribution in [0.15, 0.2) is 24.5 Å². The van der Waals surface area contributed by atoms with Crippen molar-refractivity contribution in [3.05, 3.63) is 30.2 Å². The van der Waals surface area contributed by atoms with E-state index in [4.69, 9.17) is 9.47 Å². The van der Waals surface area contributed by atoms with Gasteiger partial charge in [-0.2, -0.15) is 0 Å². The molecule has 2 aliphatic heterocycles. The van der Waals surface area contributed by atoms with Crippen molar-refractivity contribution >= 4 is 23.4 Å². The number of fused-ring (bicyclic) bond motifs is 1. The minimum absolute atomic E-state index is 0.0238. The number of amides is 3. The number of carbonyl (C=O) groups is 2. The molecule has 2 aromatic rings. The molecule has 0 aliphatic carbocycles. The van der Waals surface area contributed by atoms with E-state index >= 15 is 0 Å². The van der Waals surface area contributed by atoms with Crippen LogP contribution in [0.3, 0.4) is 0 Å². The molecule has 1 saturated heterocycles. The lowest BCUT2D eigenvalue weighted by atomic mass is 10.0. The summed E-state index contributed by atoms with van der Waals surface area (Å²) in [7, 11) is 1.72. The van der Waals surface area contributed by atoms with Crippen LogP contribution in [0.1, 0.15) is 32.4 Å². The summed E-state index contributed by atoms with van der Waals surface area (Å²) in [6.45, 7) is 8.06. The number of urea groups is 1. The van der Waals surface area contributed by atoms with E-state index in [2.05, 4.69) is 25.5 Å². The lowest BCUT2D eigenvalue weighted by Gasteiger charge is -2.35. The second-order valence-corrected chi connectivity index (χ2v) is 10.3. The highest BCUT2D eigenvalue weighted by Crippen LogP contribution is 2.20. The van der Waals surface area contributed by atoms with Crippen molar-refractivity contribution in [2.45, 2.75) is 52.0 Å². The Morgan fingerprint density at radius 1 is 1.31 bits per heavy atom. The predicted octanol–water partition coefficient (Wildman–Crippen LogP) is 1.20. The standard InChI is InChI=1S/C26H40N8O5/c1-19-15-33(20(2)17-35)25(36)5-4-8-34-22(14-28-30-34)18-39-23(19)16-31(3)26(37)29-21-6-7-27-24(13-21)32-9-11-38-12-10-32/h6-7,13-14,19-20,23,35H,4-5,8-12,15-18H2,1-3H3,(H,27,29,37)/t19-,20-,23-/m1/s1. The lowest BCUT2D eigenvalue weighted by Crippen LogP contribution is -2.48. The van der Waals surface area contributed by atoms with Crippen molar-refractivity contribution in [2.24, 2.45) is 5.92 Å². The summed E-state index contributed by atoms with van der Waals surface area (Å²) in [4.78, 5) is 36.1. The number of nitrogens with zero attached hydrogens (tertiary/aromatic N) is 7. The van der Waals surface area contributed by atoms with Crippen LogP contribution in [-0.2, 0) is 27.4 Å². The fraction of sp³-hybridized carbons (Fsp3) is 0.654. The van der Waals surface area contributed by atoms with Crippen molar-refractivity contribution in [3.63, 3.8) is 0 Å². The summed E-state index contributed by atoms with van der Waals surface area (Å²) in [6.07, 6.45) is 3.94. The van der Waals surface area contributed by atoms with Gasteiger partial charge in [0.05, 0.1) is 50.5 Å². The quantitative estimate of drug-likeness (QED) is 0.549. The molecule has 0 bridgehead atoms. The van der Waals surface area contributed by atoms with Crippen molar-refractivity contribution in [2.75, 3.05) is 63.3 Å². The third-order valence-corrected chi connectivity index (χ3v) is 7.27. The predicted molar refractivity (Wildman–Crippen MR) is 144 cm³/mol. The van der Waals surface area contributed by atoms with E-state index in [1.54, 1.807) is 40.0 Å². The zero-order valence-corrected chi connectivity index (χ0v) is 23.0. The lowest BCUT2D eigenvalue weighted by molar-refractivity contribution is -0.136. The summed E-state index contributed by atoms with van der Waals surface area (Å²) in [5.41, 5.74) is 1.47. The normalized spacial score (nSPS) is 21.9. The van der Waals surface area contributed by atoms with Gasteiger partial charge in [-0.15, -0.1) is 5.10 Å². The van der Waals surface area contributed by atoms with E-state index in [0.717, 1.165) is 24.6 Å². The van der Waals surface area contributed by atoms with Crippen molar-refractivity contribution in [1.82, 2.24) is 29.8 Å². The Morgan fingerprint density at radius 2 is 2.10 bits per heavy atom. The first-order chi connectivity index (χ1) is 18.9. The van der Waals surface area contributed by atoms with Crippen LogP contribution in [-0.4, -0.2) is 112 Å². The molecule has 3 atom stereocenters. The number of aromatic nitrogens is 4. The number of likely N-dealkylation sites (N-methyl/N-ethyl adjacent to an activating group) is 1. The van der Waals surface area contributed by atoms with Gasteiger partial charge in [-0.05, 0) is 19.4 Å². The SMILES string of the molecule is C[C@@H]1CN([C@H](C)CO)C(=O)CCCn2nncc2CO[C@@H]1CN(C)C(=O)Nc1ccnc(N2CCOCC2)c1. The number of nitrogens with one attached hydrogen (secondary N) is 1. The van der Waals surface area contributed by atoms with Gasteiger partial charge in [0.25, 0.3) is 0 Å². The molecule has 0 spiro atoms. The highest BCUT2D eigenvalue weighted by molar-refractivity contribution is 5.89. The number of pyridine rings is 1. The molecular formula is C26H40N8O5. The summed E-state index contributed by atoms with van der Waals surface area (Å²) in [5.74, 6) is 0.656. The van der Waals surface area contributed by atoms with Gasteiger partial charge in [-0.3, -0.25) is 4.79 Å². The van der Waals surface area contributed by atoms with Crippen molar-refractivity contribution in [1.29, 1.82) is 0 Å². The smallest absolute Gasteiger partial charge is 0.321 e.